The van der Waals surface area contributed by atoms with Gasteiger partial charge in [0.1, 0.15) is 5.69 Å². The number of amides is 1. The molecular formula is C20H24N4O3. The second-order valence-electron chi connectivity index (χ2n) is 6.80. The van der Waals surface area contributed by atoms with E-state index < -0.39 is 4.92 Å². The van der Waals surface area contributed by atoms with Crippen LogP contribution in [0, 0.1) is 16.0 Å². The Labute approximate surface area is 158 Å². The van der Waals surface area contributed by atoms with Crippen molar-refractivity contribution in [2.75, 3.05) is 25.0 Å². The standard InChI is InChI=1S/C20H24N4O3/c21-13-15-8-10-23(11-9-15)20(25)17-6-7-18(19(12-17)24(26)27)22-14-16-4-2-1-3-5-16/h1-7,12,15,22H,8-11,13-14,21H2. The molecular weight excluding hydrogens is 344 g/mol. The van der Waals surface area contributed by atoms with Crippen molar-refractivity contribution in [2.24, 2.45) is 11.7 Å². The molecule has 0 spiro atoms. The molecule has 1 saturated heterocycles. The highest BCUT2D eigenvalue weighted by Crippen LogP contribution is 2.27. The zero-order valence-electron chi connectivity index (χ0n) is 15.1. The number of piperidine rings is 1. The number of anilines is 1. The van der Waals surface area contributed by atoms with Gasteiger partial charge in [-0.2, -0.15) is 0 Å². The number of benzene rings is 2. The Hall–Kier alpha value is -2.93. The van der Waals surface area contributed by atoms with Crippen LogP contribution in [-0.2, 0) is 6.54 Å². The van der Waals surface area contributed by atoms with Crippen LogP contribution >= 0.6 is 0 Å². The normalized spacial score (nSPS) is 14.8. The largest absolute Gasteiger partial charge is 0.375 e. The van der Waals surface area contributed by atoms with Crippen LogP contribution in [-0.4, -0.2) is 35.4 Å². The van der Waals surface area contributed by atoms with Gasteiger partial charge in [0.25, 0.3) is 11.6 Å². The Kier molecular flexibility index (Phi) is 6.03. The molecule has 7 heteroatoms. The fraction of sp³-hybridized carbons (Fsp3) is 0.350. The summed E-state index contributed by atoms with van der Waals surface area (Å²) < 4.78 is 0. The quantitative estimate of drug-likeness (QED) is 0.603. The van der Waals surface area contributed by atoms with Gasteiger partial charge in [0, 0.05) is 31.3 Å². The third kappa shape index (κ3) is 4.62. The number of nitrogens with two attached hydrogens (primary N) is 1. The van der Waals surface area contributed by atoms with E-state index in [1.807, 2.05) is 30.3 Å². The number of carbonyl (C=O) groups is 1. The summed E-state index contributed by atoms with van der Waals surface area (Å²) in [6.45, 7) is 2.39. The zero-order chi connectivity index (χ0) is 19.2. The van der Waals surface area contributed by atoms with E-state index in [2.05, 4.69) is 5.32 Å². The molecule has 0 atom stereocenters. The molecule has 0 aliphatic carbocycles. The number of hydrogen-bond acceptors (Lipinski definition) is 5. The van der Waals surface area contributed by atoms with E-state index in [0.29, 0.717) is 43.3 Å². The molecule has 1 amide bonds. The third-order valence-corrected chi connectivity index (χ3v) is 5.00. The highest BCUT2D eigenvalue weighted by molar-refractivity contribution is 5.95. The van der Waals surface area contributed by atoms with Crippen LogP contribution in [0.25, 0.3) is 0 Å². The number of hydrogen-bond donors (Lipinski definition) is 2. The van der Waals surface area contributed by atoms with Gasteiger partial charge in [-0.05, 0) is 43.0 Å². The summed E-state index contributed by atoms with van der Waals surface area (Å²) in [4.78, 5) is 25.5. The third-order valence-electron chi connectivity index (χ3n) is 5.00. The Bertz CT molecular complexity index is 802. The van der Waals surface area contributed by atoms with E-state index in [9.17, 15) is 14.9 Å². The first-order valence-electron chi connectivity index (χ1n) is 9.14. The summed E-state index contributed by atoms with van der Waals surface area (Å²) in [6.07, 6.45) is 1.75. The monoisotopic (exact) mass is 368 g/mol. The molecule has 2 aromatic carbocycles. The van der Waals surface area contributed by atoms with Gasteiger partial charge in [0.05, 0.1) is 4.92 Å². The summed E-state index contributed by atoms with van der Waals surface area (Å²) in [5.74, 6) is 0.288. The minimum atomic E-state index is -0.454. The van der Waals surface area contributed by atoms with Gasteiger partial charge in [-0.1, -0.05) is 30.3 Å². The highest BCUT2D eigenvalue weighted by atomic mass is 16.6. The molecule has 1 aliphatic rings. The predicted octanol–water partition coefficient (Wildman–Crippen LogP) is 3.02. The summed E-state index contributed by atoms with van der Waals surface area (Å²) in [6, 6.07) is 14.3. The lowest BCUT2D eigenvalue weighted by Gasteiger charge is -2.31. The summed E-state index contributed by atoms with van der Waals surface area (Å²) in [5, 5.41) is 14.6. The summed E-state index contributed by atoms with van der Waals surface area (Å²) in [7, 11) is 0. The lowest BCUT2D eigenvalue weighted by atomic mass is 9.96. The average Bonchev–Trinajstić information content (AvgIpc) is 2.72. The molecule has 1 fully saturated rings. The van der Waals surface area contributed by atoms with Crippen molar-refractivity contribution in [3.8, 4) is 0 Å². The lowest BCUT2D eigenvalue weighted by molar-refractivity contribution is -0.384. The maximum absolute atomic E-state index is 12.7. The molecule has 3 rings (SSSR count). The lowest BCUT2D eigenvalue weighted by Crippen LogP contribution is -2.40. The second kappa shape index (κ2) is 8.64. The van der Waals surface area contributed by atoms with Crippen molar-refractivity contribution in [3.63, 3.8) is 0 Å². The van der Waals surface area contributed by atoms with Gasteiger partial charge < -0.3 is 16.0 Å². The van der Waals surface area contributed by atoms with Crippen LogP contribution in [0.2, 0.25) is 0 Å². The average molecular weight is 368 g/mol. The molecule has 2 aromatic rings. The van der Waals surface area contributed by atoms with Crippen LogP contribution in [0.3, 0.4) is 0 Å². The van der Waals surface area contributed by atoms with E-state index >= 15 is 0 Å². The first kappa shape index (κ1) is 18.8. The number of nitrogens with zero attached hydrogens (tertiary/aromatic N) is 2. The molecule has 3 N–H and O–H groups in total. The fourth-order valence-electron chi connectivity index (χ4n) is 3.31. The van der Waals surface area contributed by atoms with Crippen LogP contribution in [0.4, 0.5) is 11.4 Å². The van der Waals surface area contributed by atoms with Crippen molar-refractivity contribution >= 4 is 17.3 Å². The first-order chi connectivity index (χ1) is 13.1. The number of nitro groups is 1. The zero-order valence-corrected chi connectivity index (χ0v) is 15.1. The van der Waals surface area contributed by atoms with Gasteiger partial charge >= 0.3 is 0 Å². The van der Waals surface area contributed by atoms with Crippen LogP contribution in [0.5, 0.6) is 0 Å². The molecule has 0 bridgehead atoms. The maximum atomic E-state index is 12.7. The molecule has 1 aliphatic heterocycles. The minimum Gasteiger partial charge on any atom is -0.375 e. The van der Waals surface area contributed by atoms with Gasteiger partial charge in [-0.3, -0.25) is 14.9 Å². The number of likely N-dealkylation sites (tertiary alicyclic amines) is 1. The van der Waals surface area contributed by atoms with Crippen LogP contribution in [0.15, 0.2) is 48.5 Å². The molecule has 27 heavy (non-hydrogen) atoms. The van der Waals surface area contributed by atoms with Gasteiger partial charge in [-0.25, -0.2) is 0 Å². The van der Waals surface area contributed by atoms with Gasteiger partial charge in [-0.15, -0.1) is 0 Å². The number of rotatable bonds is 6. The predicted molar refractivity (Wildman–Crippen MR) is 105 cm³/mol. The van der Waals surface area contributed by atoms with E-state index in [0.717, 1.165) is 18.4 Å². The molecule has 142 valence electrons. The number of nitrogens with one attached hydrogen (secondary N) is 1. The molecule has 0 unspecified atom stereocenters. The van der Waals surface area contributed by atoms with Crippen molar-refractivity contribution in [1.82, 2.24) is 4.90 Å². The first-order valence-corrected chi connectivity index (χ1v) is 9.14. The number of nitro benzene ring substituents is 1. The summed E-state index contributed by atoms with van der Waals surface area (Å²) >= 11 is 0. The Morgan fingerprint density at radius 1 is 1.19 bits per heavy atom. The van der Waals surface area contributed by atoms with E-state index in [4.69, 9.17) is 5.73 Å². The highest BCUT2D eigenvalue weighted by Gasteiger charge is 2.25. The molecule has 0 aromatic heterocycles. The topological polar surface area (TPSA) is 102 Å². The Balaban J connectivity index is 1.73. The van der Waals surface area contributed by atoms with E-state index in [1.54, 1.807) is 17.0 Å². The molecule has 7 nitrogen and oxygen atoms in total. The van der Waals surface area contributed by atoms with Crippen molar-refractivity contribution < 1.29 is 9.72 Å². The second-order valence-corrected chi connectivity index (χ2v) is 6.80. The SMILES string of the molecule is NCC1CCN(C(=O)c2ccc(NCc3ccccc3)c([N+](=O)[O-])c2)CC1. The smallest absolute Gasteiger partial charge is 0.293 e. The maximum Gasteiger partial charge on any atom is 0.293 e. The van der Waals surface area contributed by atoms with Crippen LogP contribution < -0.4 is 11.1 Å². The minimum absolute atomic E-state index is 0.0892. The fourth-order valence-corrected chi connectivity index (χ4v) is 3.31. The van der Waals surface area contributed by atoms with Crippen molar-refractivity contribution in [3.05, 3.63) is 69.8 Å². The van der Waals surface area contributed by atoms with Crippen molar-refractivity contribution in [1.29, 1.82) is 0 Å². The van der Waals surface area contributed by atoms with E-state index in [-0.39, 0.29) is 11.6 Å². The molecule has 0 saturated carbocycles. The Morgan fingerprint density at radius 2 is 1.89 bits per heavy atom. The van der Waals surface area contributed by atoms with E-state index in [1.165, 1.54) is 6.07 Å². The van der Waals surface area contributed by atoms with Gasteiger partial charge in [0.15, 0.2) is 0 Å². The van der Waals surface area contributed by atoms with Crippen LogP contribution in [0.1, 0.15) is 28.8 Å². The van der Waals surface area contributed by atoms with Crippen molar-refractivity contribution in [2.45, 2.75) is 19.4 Å². The van der Waals surface area contributed by atoms with Gasteiger partial charge in [0.2, 0.25) is 0 Å². The summed E-state index contributed by atoms with van der Waals surface area (Å²) in [5.41, 5.74) is 7.37. The molecule has 0 radical (unpaired) electrons. The number of carbonyl (C=O) groups excluding carboxylic acids is 1. The Morgan fingerprint density at radius 3 is 2.52 bits per heavy atom. The molecule has 1 heterocycles.